The van der Waals surface area contributed by atoms with Gasteiger partial charge in [0.15, 0.2) is 0 Å². The molecule has 0 aromatic carbocycles. The van der Waals surface area contributed by atoms with Gasteiger partial charge in [0, 0.05) is 44.1 Å². The van der Waals surface area contributed by atoms with E-state index in [0.29, 0.717) is 25.7 Å². The molecule has 0 aliphatic rings. The third kappa shape index (κ3) is 4.27. The lowest BCUT2D eigenvalue weighted by atomic mass is 10.2. The first-order valence-corrected chi connectivity index (χ1v) is 6.48. The first-order valence-electron chi connectivity index (χ1n) is 6.48. The predicted molar refractivity (Wildman–Crippen MR) is 73.9 cm³/mol. The summed E-state index contributed by atoms with van der Waals surface area (Å²) < 4.78 is 6.85. The van der Waals surface area contributed by atoms with E-state index in [-0.39, 0.29) is 5.56 Å². The summed E-state index contributed by atoms with van der Waals surface area (Å²) in [5.74, 6) is 0. The molecular weight excluding hydrogens is 228 g/mol. The lowest BCUT2D eigenvalue weighted by molar-refractivity contribution is 0.189. The van der Waals surface area contributed by atoms with Gasteiger partial charge in [-0.3, -0.25) is 4.79 Å². The molecule has 4 heteroatoms. The average Bonchev–Trinajstić information content (AvgIpc) is 2.32. The maximum Gasteiger partial charge on any atom is 0.255 e. The third-order valence-electron chi connectivity index (χ3n) is 2.90. The molecule has 0 spiro atoms. The monoisotopic (exact) mass is 252 g/mol. The number of ether oxygens (including phenoxy) is 1. The fourth-order valence-corrected chi connectivity index (χ4v) is 1.81. The zero-order chi connectivity index (χ0) is 13.5. The molecule has 0 fully saturated rings. The van der Waals surface area contributed by atoms with Crippen LogP contribution in [-0.2, 0) is 17.8 Å². The van der Waals surface area contributed by atoms with E-state index in [4.69, 9.17) is 4.74 Å². The van der Waals surface area contributed by atoms with Crippen molar-refractivity contribution in [2.75, 3.05) is 13.7 Å². The molecule has 1 heterocycles. The number of aromatic nitrogens is 1. The van der Waals surface area contributed by atoms with E-state index in [1.54, 1.807) is 7.11 Å². The lowest BCUT2D eigenvalue weighted by Crippen LogP contribution is -2.31. The summed E-state index contributed by atoms with van der Waals surface area (Å²) in [5, 5.41) is 3.28. The van der Waals surface area contributed by atoms with E-state index < -0.39 is 0 Å². The van der Waals surface area contributed by atoms with E-state index in [1.165, 1.54) is 0 Å². The van der Waals surface area contributed by atoms with Crippen LogP contribution >= 0.6 is 0 Å². The molecule has 0 unspecified atom stereocenters. The van der Waals surface area contributed by atoms with Gasteiger partial charge < -0.3 is 14.6 Å². The van der Waals surface area contributed by atoms with Gasteiger partial charge in [-0.25, -0.2) is 0 Å². The molecule has 1 rings (SSSR count). The van der Waals surface area contributed by atoms with Crippen molar-refractivity contribution >= 4 is 0 Å². The molecule has 18 heavy (non-hydrogen) atoms. The Labute approximate surface area is 109 Å². The van der Waals surface area contributed by atoms with E-state index in [0.717, 1.165) is 17.7 Å². The Morgan fingerprint density at radius 3 is 2.72 bits per heavy atom. The Balaban J connectivity index is 2.82. The molecule has 102 valence electrons. The fourth-order valence-electron chi connectivity index (χ4n) is 1.81. The molecule has 0 radical (unpaired) electrons. The van der Waals surface area contributed by atoms with Crippen molar-refractivity contribution in [3.05, 3.63) is 33.7 Å². The number of hydrogen-bond acceptors (Lipinski definition) is 3. The van der Waals surface area contributed by atoms with Gasteiger partial charge in [-0.1, -0.05) is 19.9 Å². The molecule has 1 aromatic heterocycles. The van der Waals surface area contributed by atoms with Crippen molar-refractivity contribution in [1.82, 2.24) is 9.88 Å². The number of nitrogens with zero attached hydrogens (tertiary/aromatic N) is 1. The summed E-state index contributed by atoms with van der Waals surface area (Å²) in [6.07, 6.45) is 0.859. The first kappa shape index (κ1) is 14.9. The summed E-state index contributed by atoms with van der Waals surface area (Å²) >= 11 is 0. The van der Waals surface area contributed by atoms with Crippen molar-refractivity contribution in [3.8, 4) is 0 Å². The summed E-state index contributed by atoms with van der Waals surface area (Å²) in [4.78, 5) is 12.3. The van der Waals surface area contributed by atoms with Gasteiger partial charge >= 0.3 is 0 Å². The van der Waals surface area contributed by atoms with Crippen LogP contribution in [0.2, 0.25) is 0 Å². The number of methoxy groups -OCH3 is 1. The average molecular weight is 252 g/mol. The van der Waals surface area contributed by atoms with E-state index in [1.807, 2.05) is 23.6 Å². The summed E-state index contributed by atoms with van der Waals surface area (Å²) in [7, 11) is 1.68. The Morgan fingerprint density at radius 2 is 2.11 bits per heavy atom. The maximum atomic E-state index is 12.3. The molecule has 1 N–H and O–H groups in total. The Morgan fingerprint density at radius 1 is 1.39 bits per heavy atom. The minimum Gasteiger partial charge on any atom is -0.385 e. The summed E-state index contributed by atoms with van der Waals surface area (Å²) in [6.45, 7) is 8.14. The zero-order valence-electron chi connectivity index (χ0n) is 11.8. The summed E-state index contributed by atoms with van der Waals surface area (Å²) in [5.41, 5.74) is 1.94. The second kappa shape index (κ2) is 7.34. The molecule has 4 nitrogen and oxygen atoms in total. The predicted octanol–water partition coefficient (Wildman–Crippen LogP) is 1.69. The quantitative estimate of drug-likeness (QED) is 0.751. The van der Waals surface area contributed by atoms with Crippen LogP contribution in [0, 0.1) is 6.92 Å². The lowest BCUT2D eigenvalue weighted by Gasteiger charge is -2.13. The van der Waals surface area contributed by atoms with Crippen molar-refractivity contribution < 1.29 is 4.74 Å². The van der Waals surface area contributed by atoms with Gasteiger partial charge in [0.25, 0.3) is 5.56 Å². The van der Waals surface area contributed by atoms with Crippen LogP contribution < -0.4 is 10.9 Å². The molecule has 0 bridgehead atoms. The van der Waals surface area contributed by atoms with Crippen LogP contribution in [0.15, 0.2) is 16.9 Å². The van der Waals surface area contributed by atoms with Gasteiger partial charge in [0.1, 0.15) is 0 Å². The van der Waals surface area contributed by atoms with Crippen LogP contribution in [0.25, 0.3) is 0 Å². The zero-order valence-corrected chi connectivity index (χ0v) is 11.8. The number of nitrogens with one attached hydrogen (secondary N) is 1. The topological polar surface area (TPSA) is 43.3 Å². The van der Waals surface area contributed by atoms with Gasteiger partial charge in [-0.15, -0.1) is 0 Å². The van der Waals surface area contributed by atoms with E-state index in [2.05, 4.69) is 19.2 Å². The molecule has 0 saturated carbocycles. The minimum absolute atomic E-state index is 0.110. The first-order chi connectivity index (χ1) is 8.56. The number of hydrogen-bond donors (Lipinski definition) is 1. The van der Waals surface area contributed by atoms with E-state index >= 15 is 0 Å². The van der Waals surface area contributed by atoms with Gasteiger partial charge in [-0.05, 0) is 19.4 Å². The fraction of sp³-hybridized carbons (Fsp3) is 0.643. The number of rotatable bonds is 7. The molecule has 0 aliphatic heterocycles. The van der Waals surface area contributed by atoms with Crippen molar-refractivity contribution in [1.29, 1.82) is 0 Å². The highest BCUT2D eigenvalue weighted by Gasteiger charge is 2.06. The van der Waals surface area contributed by atoms with Crippen LogP contribution in [-0.4, -0.2) is 24.3 Å². The summed E-state index contributed by atoms with van der Waals surface area (Å²) in [6, 6.07) is 4.30. The third-order valence-corrected chi connectivity index (χ3v) is 2.90. The molecule has 0 amide bonds. The van der Waals surface area contributed by atoms with Crippen LogP contribution in [0.5, 0.6) is 0 Å². The van der Waals surface area contributed by atoms with E-state index in [9.17, 15) is 4.79 Å². The highest BCUT2D eigenvalue weighted by Crippen LogP contribution is 2.00. The number of pyridine rings is 1. The molecule has 0 atom stereocenters. The standard InChI is InChI=1S/C14H24N2O2/c1-11(2)15-10-13-7-6-12(3)16(14(13)17)8-5-9-18-4/h6-7,11,15H,5,8-10H2,1-4H3. The van der Waals surface area contributed by atoms with Gasteiger partial charge in [0.05, 0.1) is 0 Å². The highest BCUT2D eigenvalue weighted by atomic mass is 16.5. The van der Waals surface area contributed by atoms with Crippen molar-refractivity contribution in [2.24, 2.45) is 0 Å². The van der Waals surface area contributed by atoms with Crippen LogP contribution in [0.4, 0.5) is 0 Å². The number of aryl methyl sites for hydroxylation is 1. The second-order valence-corrected chi connectivity index (χ2v) is 4.84. The molecular formula is C14H24N2O2. The van der Waals surface area contributed by atoms with Crippen molar-refractivity contribution in [3.63, 3.8) is 0 Å². The molecule has 1 aromatic rings. The second-order valence-electron chi connectivity index (χ2n) is 4.84. The maximum absolute atomic E-state index is 12.3. The smallest absolute Gasteiger partial charge is 0.255 e. The SMILES string of the molecule is COCCCn1c(C)ccc(CNC(C)C)c1=O. The largest absolute Gasteiger partial charge is 0.385 e. The van der Waals surface area contributed by atoms with Crippen molar-refractivity contribution in [2.45, 2.75) is 46.3 Å². The Hall–Kier alpha value is -1.13. The van der Waals surface area contributed by atoms with Gasteiger partial charge in [-0.2, -0.15) is 0 Å². The van der Waals surface area contributed by atoms with Crippen LogP contribution in [0.1, 0.15) is 31.5 Å². The molecule has 0 saturated heterocycles. The van der Waals surface area contributed by atoms with Crippen LogP contribution in [0.3, 0.4) is 0 Å². The van der Waals surface area contributed by atoms with Gasteiger partial charge in [0.2, 0.25) is 0 Å². The molecule has 0 aliphatic carbocycles. The Bertz CT molecular complexity index is 424. The minimum atomic E-state index is 0.110. The normalized spacial score (nSPS) is 11.2. The Kier molecular flexibility index (Phi) is 6.09. The highest BCUT2D eigenvalue weighted by molar-refractivity contribution is 5.15.